The molecule has 5 nitrogen and oxygen atoms in total. The zero-order valence-corrected chi connectivity index (χ0v) is 16.8. The van der Waals surface area contributed by atoms with E-state index >= 15 is 0 Å². The SMILES string of the molecule is CCOc1ccc2nc(N(Cc3cccnc3)C(=O)c3ccc(F)cc3F)sc2c1. The number of fused-ring (bicyclic) bond motifs is 1. The summed E-state index contributed by atoms with van der Waals surface area (Å²) in [6, 6.07) is 11.9. The molecule has 0 radical (unpaired) electrons. The molecular formula is C22H17F2N3O2S. The number of aromatic nitrogens is 2. The normalized spacial score (nSPS) is 10.9. The van der Waals surface area contributed by atoms with E-state index in [4.69, 9.17) is 4.74 Å². The Kier molecular flexibility index (Phi) is 5.67. The molecule has 0 spiro atoms. The smallest absolute Gasteiger partial charge is 0.263 e. The first-order valence-corrected chi connectivity index (χ1v) is 10.1. The van der Waals surface area contributed by atoms with Crippen LogP contribution in [-0.4, -0.2) is 22.5 Å². The van der Waals surface area contributed by atoms with Crippen LogP contribution in [0.2, 0.25) is 0 Å². The monoisotopic (exact) mass is 425 g/mol. The summed E-state index contributed by atoms with van der Waals surface area (Å²) in [4.78, 5) is 23.2. The molecule has 0 saturated carbocycles. The second kappa shape index (κ2) is 8.54. The van der Waals surface area contributed by atoms with Gasteiger partial charge in [0, 0.05) is 18.5 Å². The molecule has 0 atom stereocenters. The van der Waals surface area contributed by atoms with Crippen molar-refractivity contribution in [2.24, 2.45) is 0 Å². The Balaban J connectivity index is 1.76. The van der Waals surface area contributed by atoms with Gasteiger partial charge in [0.25, 0.3) is 5.91 Å². The van der Waals surface area contributed by atoms with E-state index in [-0.39, 0.29) is 12.1 Å². The van der Waals surface area contributed by atoms with Gasteiger partial charge in [-0.3, -0.25) is 14.7 Å². The van der Waals surface area contributed by atoms with Gasteiger partial charge in [-0.15, -0.1) is 0 Å². The minimum absolute atomic E-state index is 0.141. The molecule has 2 aromatic heterocycles. The lowest BCUT2D eigenvalue weighted by atomic mass is 10.1. The van der Waals surface area contributed by atoms with Crippen LogP contribution in [0.15, 0.2) is 60.9 Å². The molecule has 0 N–H and O–H groups in total. The standard InChI is InChI=1S/C22H17F2N3O2S/c1-2-29-16-6-8-19-20(11-16)30-22(26-19)27(13-14-4-3-9-25-12-14)21(28)17-7-5-15(23)10-18(17)24/h3-12H,2,13H2,1H3. The van der Waals surface area contributed by atoms with Gasteiger partial charge in [0.15, 0.2) is 5.13 Å². The average Bonchev–Trinajstić information content (AvgIpc) is 3.15. The highest BCUT2D eigenvalue weighted by Crippen LogP contribution is 2.33. The van der Waals surface area contributed by atoms with Crippen LogP contribution in [0, 0.1) is 11.6 Å². The van der Waals surface area contributed by atoms with Crippen LogP contribution >= 0.6 is 11.3 Å². The van der Waals surface area contributed by atoms with Crippen LogP contribution < -0.4 is 9.64 Å². The van der Waals surface area contributed by atoms with E-state index in [0.717, 1.165) is 22.4 Å². The summed E-state index contributed by atoms with van der Waals surface area (Å²) in [5.74, 6) is -1.57. The third-order valence-corrected chi connectivity index (χ3v) is 5.40. The van der Waals surface area contributed by atoms with Gasteiger partial charge in [-0.2, -0.15) is 0 Å². The van der Waals surface area contributed by atoms with Crippen LogP contribution in [0.4, 0.5) is 13.9 Å². The zero-order chi connectivity index (χ0) is 21.1. The summed E-state index contributed by atoms with van der Waals surface area (Å²) in [5.41, 5.74) is 1.22. The van der Waals surface area contributed by atoms with Gasteiger partial charge < -0.3 is 4.74 Å². The lowest BCUT2D eigenvalue weighted by molar-refractivity contribution is 0.0981. The molecule has 2 heterocycles. The minimum atomic E-state index is -0.920. The number of halogens is 2. The van der Waals surface area contributed by atoms with Gasteiger partial charge in [0.05, 0.1) is 28.9 Å². The summed E-state index contributed by atoms with van der Waals surface area (Å²) in [6.45, 7) is 2.57. The number of carbonyl (C=O) groups excluding carboxylic acids is 1. The first-order valence-electron chi connectivity index (χ1n) is 9.24. The Morgan fingerprint density at radius 3 is 2.77 bits per heavy atom. The van der Waals surface area contributed by atoms with Crippen LogP contribution in [0.3, 0.4) is 0 Å². The lowest BCUT2D eigenvalue weighted by Crippen LogP contribution is -2.31. The summed E-state index contributed by atoms with van der Waals surface area (Å²) in [5, 5.41) is 0.399. The van der Waals surface area contributed by atoms with Crippen molar-refractivity contribution in [1.82, 2.24) is 9.97 Å². The van der Waals surface area contributed by atoms with Crippen molar-refractivity contribution in [2.75, 3.05) is 11.5 Å². The highest BCUT2D eigenvalue weighted by molar-refractivity contribution is 7.22. The number of pyridine rings is 1. The van der Waals surface area contributed by atoms with Gasteiger partial charge >= 0.3 is 0 Å². The van der Waals surface area contributed by atoms with Crippen LogP contribution in [-0.2, 0) is 6.54 Å². The maximum absolute atomic E-state index is 14.3. The van der Waals surface area contributed by atoms with Crippen molar-refractivity contribution in [3.63, 3.8) is 0 Å². The van der Waals surface area contributed by atoms with Crippen molar-refractivity contribution in [3.05, 3.63) is 83.7 Å². The molecular weight excluding hydrogens is 408 g/mol. The second-order valence-electron chi connectivity index (χ2n) is 6.44. The number of ether oxygens (including phenoxy) is 1. The molecule has 0 unspecified atom stereocenters. The fourth-order valence-electron chi connectivity index (χ4n) is 2.97. The van der Waals surface area contributed by atoms with E-state index in [1.54, 1.807) is 18.5 Å². The number of amides is 1. The molecule has 4 rings (SSSR count). The molecule has 152 valence electrons. The highest BCUT2D eigenvalue weighted by Gasteiger charge is 2.24. The average molecular weight is 425 g/mol. The first kappa shape index (κ1) is 19.9. The molecule has 0 aliphatic carbocycles. The Morgan fingerprint density at radius 2 is 2.03 bits per heavy atom. The quantitative estimate of drug-likeness (QED) is 0.425. The number of thiazole rings is 1. The van der Waals surface area contributed by atoms with E-state index in [9.17, 15) is 13.6 Å². The van der Waals surface area contributed by atoms with Crippen molar-refractivity contribution in [2.45, 2.75) is 13.5 Å². The number of benzene rings is 2. The first-order chi connectivity index (χ1) is 14.5. The largest absolute Gasteiger partial charge is 0.494 e. The molecule has 0 aliphatic rings. The van der Waals surface area contributed by atoms with E-state index in [0.29, 0.717) is 29.1 Å². The van der Waals surface area contributed by atoms with Crippen molar-refractivity contribution >= 4 is 32.6 Å². The number of hydrogen-bond donors (Lipinski definition) is 0. The summed E-state index contributed by atoms with van der Waals surface area (Å²) in [7, 11) is 0. The Labute approximate surface area is 175 Å². The summed E-state index contributed by atoms with van der Waals surface area (Å²) in [6.07, 6.45) is 3.25. The molecule has 1 amide bonds. The molecule has 0 bridgehead atoms. The van der Waals surface area contributed by atoms with Gasteiger partial charge in [-0.1, -0.05) is 17.4 Å². The van der Waals surface area contributed by atoms with E-state index in [2.05, 4.69) is 9.97 Å². The fraction of sp³-hybridized carbons (Fsp3) is 0.136. The van der Waals surface area contributed by atoms with Gasteiger partial charge in [0.2, 0.25) is 0 Å². The van der Waals surface area contributed by atoms with Gasteiger partial charge in [-0.05, 0) is 48.9 Å². The number of nitrogens with zero attached hydrogens (tertiary/aromatic N) is 3. The minimum Gasteiger partial charge on any atom is -0.494 e. The number of anilines is 1. The fourth-order valence-corrected chi connectivity index (χ4v) is 3.97. The molecule has 30 heavy (non-hydrogen) atoms. The summed E-state index contributed by atoms with van der Waals surface area (Å²) < 4.78 is 34.0. The van der Waals surface area contributed by atoms with Gasteiger partial charge in [-0.25, -0.2) is 13.8 Å². The lowest BCUT2D eigenvalue weighted by Gasteiger charge is -2.20. The summed E-state index contributed by atoms with van der Waals surface area (Å²) >= 11 is 1.29. The Morgan fingerprint density at radius 1 is 1.17 bits per heavy atom. The third-order valence-electron chi connectivity index (χ3n) is 4.36. The predicted octanol–water partition coefficient (Wildman–Crippen LogP) is 5.22. The van der Waals surface area contributed by atoms with E-state index < -0.39 is 17.5 Å². The van der Waals surface area contributed by atoms with E-state index in [1.165, 1.54) is 16.2 Å². The molecule has 4 aromatic rings. The zero-order valence-electron chi connectivity index (χ0n) is 16.0. The molecule has 0 fully saturated rings. The van der Waals surface area contributed by atoms with Crippen molar-refractivity contribution < 1.29 is 18.3 Å². The maximum Gasteiger partial charge on any atom is 0.263 e. The Bertz CT molecular complexity index is 1200. The van der Waals surface area contributed by atoms with Crippen LogP contribution in [0.1, 0.15) is 22.8 Å². The Hall–Kier alpha value is -3.39. The van der Waals surface area contributed by atoms with Crippen molar-refractivity contribution in [3.8, 4) is 5.75 Å². The van der Waals surface area contributed by atoms with Crippen molar-refractivity contribution in [1.29, 1.82) is 0 Å². The predicted molar refractivity (Wildman–Crippen MR) is 112 cm³/mol. The number of hydrogen-bond acceptors (Lipinski definition) is 5. The van der Waals surface area contributed by atoms with Gasteiger partial charge in [0.1, 0.15) is 17.4 Å². The maximum atomic E-state index is 14.3. The van der Waals surface area contributed by atoms with E-state index in [1.807, 2.05) is 31.2 Å². The number of carbonyl (C=O) groups is 1. The number of rotatable bonds is 6. The molecule has 2 aromatic carbocycles. The van der Waals surface area contributed by atoms with Crippen LogP contribution in [0.5, 0.6) is 5.75 Å². The second-order valence-corrected chi connectivity index (χ2v) is 7.44. The highest BCUT2D eigenvalue weighted by atomic mass is 32.1. The topological polar surface area (TPSA) is 55.3 Å². The third kappa shape index (κ3) is 4.13. The molecule has 0 saturated heterocycles. The molecule has 0 aliphatic heterocycles. The molecule has 8 heteroatoms. The van der Waals surface area contributed by atoms with Crippen LogP contribution in [0.25, 0.3) is 10.2 Å².